The van der Waals surface area contributed by atoms with Crippen LogP contribution in [0.1, 0.15) is 5.56 Å². The number of anilines is 3. The lowest BCUT2D eigenvalue weighted by Gasteiger charge is -2.31. The van der Waals surface area contributed by atoms with Crippen molar-refractivity contribution >= 4 is 43.0 Å². The molecular weight excluding hydrogens is 529 g/mol. The Bertz CT molecular complexity index is 1770. The number of nitrogens with one attached hydrogen (secondary N) is 2. The summed E-state index contributed by atoms with van der Waals surface area (Å²) in [5.74, 6) is -1.19. The van der Waals surface area contributed by atoms with Gasteiger partial charge in [-0.15, -0.1) is 0 Å². The molecule has 2 N–H and O–H groups in total. The fourth-order valence-corrected chi connectivity index (χ4v) is 6.99. The minimum Gasteiger partial charge on any atom is -0.325 e. The van der Waals surface area contributed by atoms with Crippen molar-refractivity contribution in [2.24, 2.45) is 0 Å². The highest BCUT2D eigenvalue weighted by atomic mass is 32.2. The Labute approximate surface area is 219 Å². The Morgan fingerprint density at radius 2 is 1.58 bits per heavy atom. The molecule has 0 fully saturated rings. The number of amides is 1. The van der Waals surface area contributed by atoms with Gasteiger partial charge < -0.3 is 5.32 Å². The Morgan fingerprint density at radius 1 is 0.895 bits per heavy atom. The molecule has 0 aromatic heterocycles. The molecule has 1 amide bonds. The maximum absolute atomic E-state index is 14.0. The second-order valence-corrected chi connectivity index (χ2v) is 12.2. The van der Waals surface area contributed by atoms with E-state index in [0.717, 1.165) is 15.9 Å². The number of hydrogen-bond donors (Lipinski definition) is 2. The standard InChI is InChI=1S/C27H22FN3O5S2/c1-18-6-2-4-8-24(18)30-37(33,34)21-13-11-20(12-14-21)29-27(32)17-31-25-15-10-19(28)16-23(25)22-7-3-5-9-26(22)38(31,35)36/h2-16,30H,17H2,1H3,(H,29,32). The van der Waals surface area contributed by atoms with Gasteiger partial charge in [0.25, 0.3) is 20.0 Å². The summed E-state index contributed by atoms with van der Waals surface area (Å²) in [6, 6.07) is 22.4. The van der Waals surface area contributed by atoms with Crippen LogP contribution in [0, 0.1) is 12.7 Å². The number of rotatable bonds is 6. The molecule has 8 nitrogen and oxygen atoms in total. The SMILES string of the molecule is Cc1ccccc1NS(=O)(=O)c1ccc(NC(=O)CN2c3ccc(F)cc3-c3ccccc3S2(=O)=O)cc1. The van der Waals surface area contributed by atoms with E-state index in [1.165, 1.54) is 42.5 Å². The molecule has 0 aliphatic carbocycles. The first kappa shape index (κ1) is 25.4. The summed E-state index contributed by atoms with van der Waals surface area (Å²) in [6.45, 7) is 1.22. The van der Waals surface area contributed by atoms with Crippen molar-refractivity contribution in [2.45, 2.75) is 16.7 Å². The van der Waals surface area contributed by atoms with Gasteiger partial charge in [-0.2, -0.15) is 0 Å². The molecule has 1 aliphatic heterocycles. The van der Waals surface area contributed by atoms with E-state index in [1.807, 2.05) is 0 Å². The molecule has 1 aliphatic rings. The fourth-order valence-electron chi connectivity index (χ4n) is 4.21. The lowest BCUT2D eigenvalue weighted by atomic mass is 10.0. The first-order valence-electron chi connectivity index (χ1n) is 11.5. The third-order valence-electron chi connectivity index (χ3n) is 6.10. The van der Waals surface area contributed by atoms with Gasteiger partial charge in [0.15, 0.2) is 0 Å². The van der Waals surface area contributed by atoms with Crippen molar-refractivity contribution in [3.63, 3.8) is 0 Å². The van der Waals surface area contributed by atoms with Gasteiger partial charge >= 0.3 is 0 Å². The highest BCUT2D eigenvalue weighted by molar-refractivity contribution is 7.93. The number of carbonyl (C=O) groups is 1. The van der Waals surface area contributed by atoms with Crippen molar-refractivity contribution in [3.8, 4) is 11.1 Å². The van der Waals surface area contributed by atoms with Crippen LogP contribution in [0.25, 0.3) is 11.1 Å². The van der Waals surface area contributed by atoms with Crippen LogP contribution < -0.4 is 14.3 Å². The number of nitrogens with zero attached hydrogens (tertiary/aromatic N) is 1. The summed E-state index contributed by atoms with van der Waals surface area (Å²) in [5, 5.41) is 2.60. The van der Waals surface area contributed by atoms with E-state index in [0.29, 0.717) is 16.8 Å². The predicted octanol–water partition coefficient (Wildman–Crippen LogP) is 4.75. The predicted molar refractivity (Wildman–Crippen MR) is 143 cm³/mol. The number of para-hydroxylation sites is 1. The van der Waals surface area contributed by atoms with Crippen molar-refractivity contribution in [1.29, 1.82) is 0 Å². The highest BCUT2D eigenvalue weighted by Gasteiger charge is 2.36. The van der Waals surface area contributed by atoms with Gasteiger partial charge in [-0.25, -0.2) is 21.2 Å². The molecule has 11 heteroatoms. The van der Waals surface area contributed by atoms with Gasteiger partial charge in [-0.1, -0.05) is 36.4 Å². The lowest BCUT2D eigenvalue weighted by Crippen LogP contribution is -2.40. The number of halogens is 1. The summed E-state index contributed by atoms with van der Waals surface area (Å²) in [6.07, 6.45) is 0. The number of aryl methyl sites for hydroxylation is 1. The van der Waals surface area contributed by atoms with E-state index < -0.39 is 38.3 Å². The monoisotopic (exact) mass is 551 g/mol. The molecule has 0 saturated heterocycles. The van der Waals surface area contributed by atoms with Crippen LogP contribution in [-0.2, 0) is 24.8 Å². The normalized spacial score (nSPS) is 13.8. The fraction of sp³-hybridized carbons (Fsp3) is 0.0741. The smallest absolute Gasteiger partial charge is 0.265 e. The summed E-state index contributed by atoms with van der Waals surface area (Å²) in [4.78, 5) is 12.9. The van der Waals surface area contributed by atoms with Crippen LogP contribution in [0.2, 0.25) is 0 Å². The zero-order valence-electron chi connectivity index (χ0n) is 20.1. The van der Waals surface area contributed by atoms with Crippen molar-refractivity contribution in [1.82, 2.24) is 0 Å². The number of sulfonamides is 2. The molecular formula is C27H22FN3O5S2. The van der Waals surface area contributed by atoms with Crippen LogP contribution in [0.5, 0.6) is 0 Å². The Balaban J connectivity index is 1.36. The Hall–Kier alpha value is -4.22. The van der Waals surface area contributed by atoms with E-state index in [4.69, 9.17) is 0 Å². The van der Waals surface area contributed by atoms with Crippen LogP contribution in [0.15, 0.2) is 101 Å². The molecule has 194 valence electrons. The zero-order valence-corrected chi connectivity index (χ0v) is 21.7. The van der Waals surface area contributed by atoms with Gasteiger partial charge in [-0.05, 0) is 67.1 Å². The minimum atomic E-state index is -4.09. The molecule has 0 unspecified atom stereocenters. The van der Waals surface area contributed by atoms with Crippen molar-refractivity contribution in [3.05, 3.63) is 102 Å². The maximum atomic E-state index is 14.0. The molecule has 0 radical (unpaired) electrons. The van der Waals surface area contributed by atoms with Crippen LogP contribution in [-0.4, -0.2) is 29.3 Å². The third-order valence-corrected chi connectivity index (χ3v) is 9.30. The van der Waals surface area contributed by atoms with Gasteiger partial charge in [0.05, 0.1) is 21.2 Å². The van der Waals surface area contributed by atoms with Gasteiger partial charge in [0.2, 0.25) is 5.91 Å². The summed E-state index contributed by atoms with van der Waals surface area (Å²) in [5.41, 5.74) is 2.39. The Kier molecular flexibility index (Phi) is 6.41. The van der Waals surface area contributed by atoms with Gasteiger partial charge in [0, 0.05) is 16.8 Å². The van der Waals surface area contributed by atoms with Crippen molar-refractivity contribution < 1.29 is 26.0 Å². The molecule has 0 spiro atoms. The van der Waals surface area contributed by atoms with E-state index in [2.05, 4.69) is 10.0 Å². The summed E-state index contributed by atoms with van der Waals surface area (Å²) >= 11 is 0. The molecule has 5 rings (SSSR count). The first-order valence-corrected chi connectivity index (χ1v) is 14.4. The van der Waals surface area contributed by atoms with Gasteiger partial charge in [-0.3, -0.25) is 13.8 Å². The summed E-state index contributed by atoms with van der Waals surface area (Å²) in [7, 11) is -7.96. The lowest BCUT2D eigenvalue weighted by molar-refractivity contribution is -0.114. The van der Waals surface area contributed by atoms with E-state index in [1.54, 1.807) is 49.4 Å². The van der Waals surface area contributed by atoms with E-state index in [9.17, 15) is 26.0 Å². The van der Waals surface area contributed by atoms with Gasteiger partial charge in [0.1, 0.15) is 12.4 Å². The average Bonchev–Trinajstić information content (AvgIpc) is 2.88. The van der Waals surface area contributed by atoms with Crippen LogP contribution >= 0.6 is 0 Å². The number of fused-ring (bicyclic) bond motifs is 3. The van der Waals surface area contributed by atoms with Crippen LogP contribution in [0.4, 0.5) is 21.5 Å². The first-order chi connectivity index (χ1) is 18.1. The Morgan fingerprint density at radius 3 is 2.32 bits per heavy atom. The number of benzene rings is 4. The largest absolute Gasteiger partial charge is 0.325 e. The molecule has 1 heterocycles. The molecule has 4 aromatic carbocycles. The molecule has 0 saturated carbocycles. The second kappa shape index (κ2) is 9.58. The zero-order chi connectivity index (χ0) is 27.1. The van der Waals surface area contributed by atoms with E-state index in [-0.39, 0.29) is 21.2 Å². The van der Waals surface area contributed by atoms with E-state index >= 15 is 0 Å². The minimum absolute atomic E-state index is 0.00933. The van der Waals surface area contributed by atoms with Crippen LogP contribution in [0.3, 0.4) is 0 Å². The molecule has 4 aromatic rings. The van der Waals surface area contributed by atoms with Crippen molar-refractivity contribution in [2.75, 3.05) is 20.9 Å². The number of hydrogen-bond acceptors (Lipinski definition) is 5. The second-order valence-electron chi connectivity index (χ2n) is 8.66. The molecule has 38 heavy (non-hydrogen) atoms. The topological polar surface area (TPSA) is 113 Å². The maximum Gasteiger partial charge on any atom is 0.265 e. The third kappa shape index (κ3) is 4.73. The molecule has 0 bridgehead atoms. The quantitative estimate of drug-likeness (QED) is 0.359. The summed E-state index contributed by atoms with van der Waals surface area (Å²) < 4.78 is 69.7. The molecule has 0 atom stereocenters. The highest BCUT2D eigenvalue weighted by Crippen LogP contribution is 2.43. The number of carbonyl (C=O) groups excluding carboxylic acids is 1. The average molecular weight is 552 g/mol.